The molecule has 142 valence electrons. The Kier molecular flexibility index (Phi) is 5.65. The van der Waals surface area contributed by atoms with Crippen LogP contribution in [-0.2, 0) is 16.4 Å². The number of hydrogen-bond acceptors (Lipinski definition) is 4. The smallest absolute Gasteiger partial charge is 0.264 e. The molecule has 1 aliphatic rings. The van der Waals surface area contributed by atoms with Gasteiger partial charge in [-0.15, -0.1) is 0 Å². The van der Waals surface area contributed by atoms with Crippen molar-refractivity contribution in [2.45, 2.75) is 32.7 Å². The lowest BCUT2D eigenvalue weighted by molar-refractivity contribution is 0.415. The standard InChI is InChI=1S/C21H24N2O3S/c1-15(9-10-17-7-5-4-6-8-17)22-21-16(2)20(27(24,25)23-21)18-11-13-19(26-3)14-12-18/h4-8,11-15H,9-10H2,1-3H3,(H,22,23)/t15-/m0/s1. The highest BCUT2D eigenvalue weighted by molar-refractivity contribution is 8.00. The van der Waals surface area contributed by atoms with Crippen LogP contribution in [0.3, 0.4) is 0 Å². The molecule has 0 unspecified atom stereocenters. The van der Waals surface area contributed by atoms with E-state index in [0.717, 1.165) is 12.8 Å². The Morgan fingerprint density at radius 2 is 1.74 bits per heavy atom. The maximum atomic E-state index is 12.6. The molecule has 1 aliphatic heterocycles. The first-order chi connectivity index (χ1) is 12.9. The lowest BCUT2D eigenvalue weighted by Crippen LogP contribution is -2.25. The predicted molar refractivity (Wildman–Crippen MR) is 109 cm³/mol. The maximum absolute atomic E-state index is 12.6. The van der Waals surface area contributed by atoms with Gasteiger partial charge in [0.15, 0.2) is 0 Å². The molecule has 0 saturated heterocycles. The number of hydrogen-bond donors (Lipinski definition) is 1. The topological polar surface area (TPSA) is 67.8 Å². The SMILES string of the molecule is COc1ccc(C2=C(C)C(=N[C@@H](C)CCc3ccccc3)NS2(=O)=O)cc1. The molecule has 0 amide bonds. The van der Waals surface area contributed by atoms with Crippen LogP contribution in [-0.4, -0.2) is 27.4 Å². The lowest BCUT2D eigenvalue weighted by Gasteiger charge is -2.08. The van der Waals surface area contributed by atoms with Crippen molar-refractivity contribution in [2.24, 2.45) is 4.99 Å². The Morgan fingerprint density at radius 1 is 1.07 bits per heavy atom. The van der Waals surface area contributed by atoms with E-state index in [9.17, 15) is 8.42 Å². The average Bonchev–Trinajstić information content (AvgIpc) is 2.89. The fourth-order valence-corrected chi connectivity index (χ4v) is 4.61. The molecule has 1 heterocycles. The Bertz CT molecular complexity index is 962. The monoisotopic (exact) mass is 384 g/mol. The van der Waals surface area contributed by atoms with E-state index in [2.05, 4.69) is 21.8 Å². The molecule has 0 saturated carbocycles. The van der Waals surface area contributed by atoms with Crippen molar-refractivity contribution in [1.29, 1.82) is 0 Å². The first-order valence-corrected chi connectivity index (χ1v) is 10.4. The number of rotatable bonds is 6. The minimum absolute atomic E-state index is 0.00748. The molecule has 0 aromatic heterocycles. The predicted octanol–water partition coefficient (Wildman–Crippen LogP) is 3.78. The van der Waals surface area contributed by atoms with Crippen molar-refractivity contribution in [2.75, 3.05) is 7.11 Å². The van der Waals surface area contributed by atoms with Gasteiger partial charge in [0.2, 0.25) is 0 Å². The van der Waals surface area contributed by atoms with Crippen molar-refractivity contribution >= 4 is 20.8 Å². The van der Waals surface area contributed by atoms with Gasteiger partial charge < -0.3 is 4.74 Å². The van der Waals surface area contributed by atoms with Crippen LogP contribution in [0.15, 0.2) is 65.2 Å². The average molecular weight is 385 g/mol. The molecule has 0 fully saturated rings. The van der Waals surface area contributed by atoms with Crippen molar-refractivity contribution < 1.29 is 13.2 Å². The Balaban J connectivity index is 1.81. The van der Waals surface area contributed by atoms with Crippen LogP contribution >= 0.6 is 0 Å². The van der Waals surface area contributed by atoms with Crippen LogP contribution < -0.4 is 9.46 Å². The Labute approximate surface area is 160 Å². The summed E-state index contributed by atoms with van der Waals surface area (Å²) in [4.78, 5) is 4.90. The van der Waals surface area contributed by atoms with Gasteiger partial charge in [-0.1, -0.05) is 30.3 Å². The zero-order valence-corrected chi connectivity index (χ0v) is 16.6. The van der Waals surface area contributed by atoms with Gasteiger partial charge in [-0.2, -0.15) is 0 Å². The van der Waals surface area contributed by atoms with E-state index < -0.39 is 10.0 Å². The third-order valence-electron chi connectivity index (χ3n) is 4.59. The number of aryl methyl sites for hydroxylation is 1. The minimum Gasteiger partial charge on any atom is -0.497 e. The summed E-state index contributed by atoms with van der Waals surface area (Å²) >= 11 is 0. The van der Waals surface area contributed by atoms with Gasteiger partial charge in [-0.3, -0.25) is 9.71 Å². The van der Waals surface area contributed by atoms with E-state index in [1.165, 1.54) is 5.56 Å². The summed E-state index contributed by atoms with van der Waals surface area (Å²) < 4.78 is 33.0. The largest absolute Gasteiger partial charge is 0.497 e. The molecule has 0 bridgehead atoms. The highest BCUT2D eigenvalue weighted by Crippen LogP contribution is 2.31. The van der Waals surface area contributed by atoms with Crippen molar-refractivity contribution in [3.63, 3.8) is 0 Å². The van der Waals surface area contributed by atoms with Gasteiger partial charge in [0.1, 0.15) is 16.5 Å². The van der Waals surface area contributed by atoms with Gasteiger partial charge in [-0.25, -0.2) is 8.42 Å². The molecule has 5 nitrogen and oxygen atoms in total. The van der Waals surface area contributed by atoms with Crippen LogP contribution in [0, 0.1) is 0 Å². The second-order valence-electron chi connectivity index (χ2n) is 6.64. The molecule has 3 rings (SSSR count). The van der Waals surface area contributed by atoms with E-state index in [-0.39, 0.29) is 10.9 Å². The minimum atomic E-state index is -3.61. The molecule has 2 aromatic carbocycles. The molecule has 2 aromatic rings. The van der Waals surface area contributed by atoms with Crippen LogP contribution in [0.1, 0.15) is 31.4 Å². The van der Waals surface area contributed by atoms with Crippen LogP contribution in [0.2, 0.25) is 0 Å². The normalized spacial score (nSPS) is 18.4. The third kappa shape index (κ3) is 4.39. The highest BCUT2D eigenvalue weighted by atomic mass is 32.2. The van der Waals surface area contributed by atoms with Crippen LogP contribution in [0.25, 0.3) is 4.91 Å². The zero-order chi connectivity index (χ0) is 19.4. The van der Waals surface area contributed by atoms with E-state index in [0.29, 0.717) is 22.7 Å². The highest BCUT2D eigenvalue weighted by Gasteiger charge is 2.32. The first-order valence-electron chi connectivity index (χ1n) is 8.91. The Hall–Kier alpha value is -2.60. The lowest BCUT2D eigenvalue weighted by atomic mass is 10.1. The first kappa shape index (κ1) is 19.2. The maximum Gasteiger partial charge on any atom is 0.264 e. The van der Waals surface area contributed by atoms with Crippen LogP contribution in [0.5, 0.6) is 5.75 Å². The summed E-state index contributed by atoms with van der Waals surface area (Å²) in [6, 6.07) is 17.2. The number of nitrogens with zero attached hydrogens (tertiary/aromatic N) is 1. The zero-order valence-electron chi connectivity index (χ0n) is 15.8. The molecule has 1 atom stereocenters. The molecule has 0 radical (unpaired) electrons. The van der Waals surface area contributed by atoms with Crippen molar-refractivity contribution in [1.82, 2.24) is 4.72 Å². The summed E-state index contributed by atoms with van der Waals surface area (Å²) in [5.74, 6) is 1.12. The van der Waals surface area contributed by atoms with E-state index in [1.807, 2.05) is 25.1 Å². The van der Waals surface area contributed by atoms with Gasteiger partial charge in [0, 0.05) is 11.6 Å². The fourth-order valence-electron chi connectivity index (χ4n) is 3.11. The summed E-state index contributed by atoms with van der Waals surface area (Å²) in [5, 5.41) is 0. The van der Waals surface area contributed by atoms with Gasteiger partial charge in [-0.05, 0) is 62.1 Å². The summed E-state index contributed by atoms with van der Waals surface area (Å²) in [6.07, 6.45) is 1.75. The number of ether oxygens (including phenoxy) is 1. The molecule has 0 aliphatic carbocycles. The fraction of sp³-hybridized carbons (Fsp3) is 0.286. The van der Waals surface area contributed by atoms with Gasteiger partial charge in [0.25, 0.3) is 10.0 Å². The summed E-state index contributed by atoms with van der Waals surface area (Å²) in [6.45, 7) is 3.79. The quantitative estimate of drug-likeness (QED) is 0.824. The number of aliphatic imine (C=N–C) groups is 1. The molecular weight excluding hydrogens is 360 g/mol. The van der Waals surface area contributed by atoms with Crippen molar-refractivity contribution in [3.8, 4) is 5.75 Å². The third-order valence-corrected chi connectivity index (χ3v) is 6.13. The Morgan fingerprint density at radius 3 is 2.37 bits per heavy atom. The van der Waals surface area contributed by atoms with Crippen LogP contribution in [0.4, 0.5) is 0 Å². The number of amidine groups is 1. The van der Waals surface area contributed by atoms with Crippen molar-refractivity contribution in [3.05, 3.63) is 71.3 Å². The number of benzene rings is 2. The molecular formula is C21H24N2O3S. The summed E-state index contributed by atoms with van der Waals surface area (Å²) in [5.41, 5.74) is 2.53. The molecule has 1 N–H and O–H groups in total. The van der Waals surface area contributed by atoms with Gasteiger partial charge in [0.05, 0.1) is 7.11 Å². The summed E-state index contributed by atoms with van der Waals surface area (Å²) in [7, 11) is -2.03. The molecule has 6 heteroatoms. The number of nitrogens with one attached hydrogen (secondary N) is 1. The van der Waals surface area contributed by atoms with E-state index >= 15 is 0 Å². The van der Waals surface area contributed by atoms with Gasteiger partial charge >= 0.3 is 0 Å². The number of sulfonamides is 1. The second kappa shape index (κ2) is 7.96. The molecule has 0 spiro atoms. The van der Waals surface area contributed by atoms with E-state index in [4.69, 9.17) is 4.74 Å². The molecule has 27 heavy (non-hydrogen) atoms. The second-order valence-corrected chi connectivity index (χ2v) is 8.26. The van der Waals surface area contributed by atoms with E-state index in [1.54, 1.807) is 38.3 Å². The number of methoxy groups -OCH3 is 1.